The quantitative estimate of drug-likeness (QED) is 0.581. The van der Waals surface area contributed by atoms with E-state index in [9.17, 15) is 0 Å². The average Bonchev–Trinajstić information content (AvgIpc) is 2.28. The van der Waals surface area contributed by atoms with Crippen LogP contribution in [0.4, 0.5) is 0 Å². The number of rotatable bonds is 5. The maximum atomic E-state index is 8.55. The van der Waals surface area contributed by atoms with Gasteiger partial charge in [0.25, 0.3) is 0 Å². The number of thioether (sulfide) groups is 2. The third-order valence-corrected chi connectivity index (χ3v) is 2.92. The van der Waals surface area contributed by atoms with Gasteiger partial charge in [-0.2, -0.15) is 10.5 Å². The minimum absolute atomic E-state index is 0.304. The first-order valence-corrected chi connectivity index (χ1v) is 6.00. The lowest BCUT2D eigenvalue weighted by atomic mass is 10.3. The van der Waals surface area contributed by atoms with Crippen molar-refractivity contribution in [3.63, 3.8) is 0 Å². The molecule has 15 heavy (non-hydrogen) atoms. The van der Waals surface area contributed by atoms with Crippen LogP contribution in [0.15, 0.2) is 30.3 Å². The molecule has 0 aromatic heterocycles. The van der Waals surface area contributed by atoms with E-state index in [4.69, 9.17) is 15.3 Å². The topological polar surface area (TPSA) is 56.8 Å². The molecule has 5 heteroatoms. The molecule has 1 rings (SSSR count). The normalized spacial score (nSPS) is 11.1. The third kappa shape index (κ3) is 4.64. The number of ether oxygens (including phenoxy) is 1. The van der Waals surface area contributed by atoms with Crippen molar-refractivity contribution >= 4 is 23.5 Å². The van der Waals surface area contributed by atoms with E-state index in [1.165, 1.54) is 0 Å². The number of thiocyanates is 2. The van der Waals surface area contributed by atoms with Crippen molar-refractivity contribution < 1.29 is 4.74 Å². The van der Waals surface area contributed by atoms with Crippen LogP contribution in [0.2, 0.25) is 0 Å². The second-order valence-corrected chi connectivity index (χ2v) is 4.22. The van der Waals surface area contributed by atoms with E-state index < -0.39 is 0 Å². The molecule has 0 aliphatic heterocycles. The van der Waals surface area contributed by atoms with Crippen LogP contribution >= 0.6 is 23.5 Å². The molecule has 0 bridgehead atoms. The molecule has 0 N–H and O–H groups in total. The molecule has 3 nitrogen and oxygen atoms in total. The highest BCUT2D eigenvalue weighted by atomic mass is 32.2. The lowest BCUT2D eigenvalue weighted by molar-refractivity contribution is 0.313. The van der Waals surface area contributed by atoms with Gasteiger partial charge >= 0.3 is 0 Å². The molecule has 0 spiro atoms. The molecule has 0 radical (unpaired) electrons. The minimum atomic E-state index is -0.304. The van der Waals surface area contributed by atoms with E-state index in [2.05, 4.69) is 0 Å². The summed E-state index contributed by atoms with van der Waals surface area (Å²) in [6, 6.07) is 9.26. The number of nitriles is 2. The Labute approximate surface area is 97.0 Å². The summed E-state index contributed by atoms with van der Waals surface area (Å²) < 4.78 is 5.53. The monoisotopic (exact) mass is 236 g/mol. The second-order valence-electron chi connectivity index (χ2n) is 2.47. The van der Waals surface area contributed by atoms with Gasteiger partial charge in [-0.25, -0.2) is 0 Å². The number of nitrogens with zero attached hydrogens (tertiary/aromatic N) is 2. The molecule has 1 aromatic carbocycles. The molecule has 0 saturated heterocycles. The third-order valence-electron chi connectivity index (χ3n) is 1.48. The molecule has 0 amide bonds. The van der Waals surface area contributed by atoms with Crippen LogP contribution in [-0.4, -0.2) is 11.2 Å². The first-order valence-electron chi connectivity index (χ1n) is 4.14. The van der Waals surface area contributed by atoms with Crippen LogP contribution in [0.3, 0.4) is 0 Å². The van der Waals surface area contributed by atoms with Gasteiger partial charge in [0.1, 0.15) is 16.6 Å². The first-order chi connectivity index (χ1) is 7.36. The zero-order valence-electron chi connectivity index (χ0n) is 7.79. The molecule has 0 fully saturated rings. The van der Waals surface area contributed by atoms with Crippen LogP contribution in [0, 0.1) is 21.3 Å². The fraction of sp³-hybridized carbons (Fsp3) is 0.200. The van der Waals surface area contributed by atoms with Crippen molar-refractivity contribution in [2.24, 2.45) is 0 Å². The second kappa shape index (κ2) is 7.05. The van der Waals surface area contributed by atoms with Gasteiger partial charge in [0.05, 0.1) is 5.75 Å². The van der Waals surface area contributed by atoms with Crippen molar-refractivity contribution in [1.29, 1.82) is 10.5 Å². The van der Waals surface area contributed by atoms with E-state index in [1.54, 1.807) is 0 Å². The fourth-order valence-electron chi connectivity index (χ4n) is 0.907. The Bertz CT molecular complexity index is 369. The van der Waals surface area contributed by atoms with E-state index in [0.717, 1.165) is 23.5 Å². The Morgan fingerprint density at radius 1 is 1.20 bits per heavy atom. The summed E-state index contributed by atoms with van der Waals surface area (Å²) >= 11 is 2.11. The Morgan fingerprint density at radius 2 is 1.93 bits per heavy atom. The SMILES string of the molecule is N#CSCC(Oc1ccccc1)SC#N. The summed E-state index contributed by atoms with van der Waals surface area (Å²) in [5.74, 6) is 1.19. The minimum Gasteiger partial charge on any atom is -0.478 e. The predicted molar refractivity (Wildman–Crippen MR) is 62.1 cm³/mol. The predicted octanol–water partition coefficient (Wildman–Crippen LogP) is 2.82. The molecule has 1 unspecified atom stereocenters. The summed E-state index contributed by atoms with van der Waals surface area (Å²) in [6.45, 7) is 0. The van der Waals surface area contributed by atoms with E-state index in [0.29, 0.717) is 11.5 Å². The Hall–Kier alpha value is -1.30. The largest absolute Gasteiger partial charge is 0.478 e. The molecule has 0 aliphatic carbocycles. The zero-order valence-corrected chi connectivity index (χ0v) is 9.42. The number of benzene rings is 1. The van der Waals surface area contributed by atoms with Gasteiger partial charge in [-0.1, -0.05) is 18.2 Å². The average molecular weight is 236 g/mol. The van der Waals surface area contributed by atoms with E-state index >= 15 is 0 Å². The van der Waals surface area contributed by atoms with Crippen LogP contribution in [0.25, 0.3) is 0 Å². The smallest absolute Gasteiger partial charge is 0.168 e. The molecule has 0 saturated carbocycles. The summed E-state index contributed by atoms with van der Waals surface area (Å²) in [5.41, 5.74) is -0.304. The molecular formula is C10H8N2OS2. The van der Waals surface area contributed by atoms with Crippen molar-refractivity contribution in [1.82, 2.24) is 0 Å². The van der Waals surface area contributed by atoms with E-state index in [1.807, 2.05) is 41.1 Å². The van der Waals surface area contributed by atoms with Gasteiger partial charge in [0.15, 0.2) is 5.44 Å². The van der Waals surface area contributed by atoms with Crippen molar-refractivity contribution in [3.05, 3.63) is 30.3 Å². The van der Waals surface area contributed by atoms with Gasteiger partial charge in [0.2, 0.25) is 0 Å². The first kappa shape index (κ1) is 11.8. The van der Waals surface area contributed by atoms with Crippen molar-refractivity contribution in [3.8, 4) is 16.6 Å². The van der Waals surface area contributed by atoms with Gasteiger partial charge < -0.3 is 4.74 Å². The summed E-state index contributed by atoms with van der Waals surface area (Å²) in [5, 5.41) is 20.9. The van der Waals surface area contributed by atoms with E-state index in [-0.39, 0.29) is 5.44 Å². The lowest BCUT2D eigenvalue weighted by Gasteiger charge is -2.13. The standard InChI is InChI=1S/C10H8N2OS2/c11-7-14-6-10(15-8-12)13-9-4-2-1-3-5-9/h1-5,10H,6H2. The van der Waals surface area contributed by atoms with Crippen molar-refractivity contribution in [2.45, 2.75) is 5.44 Å². The van der Waals surface area contributed by atoms with Crippen LogP contribution < -0.4 is 4.74 Å². The highest BCUT2D eigenvalue weighted by molar-refractivity contribution is 8.07. The number of hydrogen-bond acceptors (Lipinski definition) is 5. The Balaban J connectivity index is 2.52. The number of hydrogen-bond donors (Lipinski definition) is 0. The van der Waals surface area contributed by atoms with Gasteiger partial charge in [0, 0.05) is 0 Å². The highest BCUT2D eigenvalue weighted by Crippen LogP contribution is 2.20. The molecule has 76 valence electrons. The zero-order chi connectivity index (χ0) is 10.9. The summed E-state index contributed by atoms with van der Waals surface area (Å²) in [7, 11) is 0. The lowest BCUT2D eigenvalue weighted by Crippen LogP contribution is -2.14. The maximum Gasteiger partial charge on any atom is 0.168 e. The Kier molecular flexibility index (Phi) is 5.54. The highest BCUT2D eigenvalue weighted by Gasteiger charge is 2.10. The molecule has 0 heterocycles. The summed E-state index contributed by atoms with van der Waals surface area (Å²) in [6.07, 6.45) is 0. The molecule has 1 atom stereocenters. The molecule has 1 aromatic rings. The van der Waals surface area contributed by atoms with Gasteiger partial charge in [-0.05, 0) is 35.7 Å². The van der Waals surface area contributed by atoms with Gasteiger partial charge in [-0.15, -0.1) is 0 Å². The Morgan fingerprint density at radius 3 is 2.53 bits per heavy atom. The van der Waals surface area contributed by atoms with Gasteiger partial charge in [-0.3, -0.25) is 0 Å². The van der Waals surface area contributed by atoms with Crippen LogP contribution in [0.1, 0.15) is 0 Å². The van der Waals surface area contributed by atoms with Crippen molar-refractivity contribution in [2.75, 3.05) is 5.75 Å². The summed E-state index contributed by atoms with van der Waals surface area (Å²) in [4.78, 5) is 0. The van der Waals surface area contributed by atoms with Crippen LogP contribution in [-0.2, 0) is 0 Å². The van der Waals surface area contributed by atoms with Crippen LogP contribution in [0.5, 0.6) is 5.75 Å². The fourth-order valence-corrected chi connectivity index (χ4v) is 1.94. The molecular weight excluding hydrogens is 228 g/mol. The maximum absolute atomic E-state index is 8.55. The molecule has 0 aliphatic rings. The number of para-hydroxylation sites is 1.